The summed E-state index contributed by atoms with van der Waals surface area (Å²) in [6, 6.07) is 35.6. The maximum absolute atomic E-state index is 8.73. The zero-order valence-corrected chi connectivity index (χ0v) is 19.1. The van der Waals surface area contributed by atoms with Gasteiger partial charge in [-0.05, 0) is 73.8 Å². The van der Waals surface area contributed by atoms with E-state index in [1.165, 1.54) is 11.8 Å². The van der Waals surface area contributed by atoms with Gasteiger partial charge < -0.3 is 0 Å². The van der Waals surface area contributed by atoms with Gasteiger partial charge in [-0.25, -0.2) is 0 Å². The zero-order chi connectivity index (χ0) is 27.9. The summed E-state index contributed by atoms with van der Waals surface area (Å²) in [6.45, 7) is -5.66. The first-order valence-electron chi connectivity index (χ1n) is 14.4. The van der Waals surface area contributed by atoms with Gasteiger partial charge in [0.2, 0.25) is 0 Å². The lowest BCUT2D eigenvalue weighted by Gasteiger charge is -2.36. The maximum Gasteiger partial charge on any atom is 0.0243 e. The molecule has 0 atom stereocenters. The molecule has 0 nitrogen and oxygen atoms in total. The van der Waals surface area contributed by atoms with E-state index < -0.39 is 19.1 Å². The molecular weight excluding hydrogens is 428 g/mol. The van der Waals surface area contributed by atoms with Crippen LogP contribution in [0.4, 0.5) is 0 Å². The largest absolute Gasteiger partial charge is 0.0894 e. The number of fused-ring (bicyclic) bond motifs is 10. The average molecular weight is 459 g/mol. The van der Waals surface area contributed by atoms with E-state index in [0.717, 1.165) is 44.5 Å². The summed E-state index contributed by atoms with van der Waals surface area (Å²) in [5.41, 5.74) is 6.51. The lowest BCUT2D eigenvalue weighted by Crippen LogP contribution is -2.24. The van der Waals surface area contributed by atoms with Gasteiger partial charge >= 0.3 is 0 Å². The molecule has 1 heterocycles. The first-order valence-corrected chi connectivity index (χ1v) is 12.2. The van der Waals surface area contributed by atoms with Crippen LogP contribution in [0.2, 0.25) is 0 Å². The Morgan fingerprint density at radius 2 is 0.912 bits per heavy atom. The second-order valence-corrected chi connectivity index (χ2v) is 9.96. The second-order valence-electron chi connectivity index (χ2n) is 8.88. The number of rotatable bonds is 0. The van der Waals surface area contributed by atoms with Crippen molar-refractivity contribution < 1.29 is 8.22 Å². The minimum absolute atomic E-state index is 0.330. The minimum atomic E-state index is -2.83. The van der Waals surface area contributed by atoms with Crippen molar-refractivity contribution in [3.8, 4) is 44.5 Å². The van der Waals surface area contributed by atoms with Crippen molar-refractivity contribution in [2.45, 2.75) is 28.9 Å². The van der Waals surface area contributed by atoms with Crippen molar-refractivity contribution in [1.82, 2.24) is 0 Å². The van der Waals surface area contributed by atoms with Crippen LogP contribution in [-0.4, -0.2) is 0 Å². The quantitative estimate of drug-likeness (QED) is 0.218. The van der Waals surface area contributed by atoms with Gasteiger partial charge in [0.25, 0.3) is 0 Å². The summed E-state index contributed by atoms with van der Waals surface area (Å²) < 4.78 is 52.4. The first kappa shape index (κ1) is 14.7. The van der Waals surface area contributed by atoms with E-state index in [2.05, 4.69) is 30.3 Å². The molecule has 0 bridgehead atoms. The molecule has 0 fully saturated rings. The van der Waals surface area contributed by atoms with Crippen LogP contribution in [0.5, 0.6) is 0 Å². The van der Waals surface area contributed by atoms with E-state index in [0.29, 0.717) is 20.9 Å². The van der Waals surface area contributed by atoms with Crippen molar-refractivity contribution >= 4 is 11.8 Å². The van der Waals surface area contributed by atoms with Gasteiger partial charge in [0.15, 0.2) is 0 Å². The van der Waals surface area contributed by atoms with E-state index >= 15 is 0 Å². The Balaban J connectivity index is 1.66. The van der Waals surface area contributed by atoms with Gasteiger partial charge in [0, 0.05) is 23.4 Å². The normalized spacial score (nSPS) is 17.6. The summed E-state index contributed by atoms with van der Waals surface area (Å²) in [4.78, 5) is 1.32. The van der Waals surface area contributed by atoms with Crippen molar-refractivity contribution in [2.24, 2.45) is 0 Å². The van der Waals surface area contributed by atoms with E-state index in [-0.39, 0.29) is 0 Å². The summed E-state index contributed by atoms with van der Waals surface area (Å²) >= 11 is 1.44. The van der Waals surface area contributed by atoms with Crippen LogP contribution in [0.25, 0.3) is 44.5 Å². The van der Waals surface area contributed by atoms with Gasteiger partial charge in [-0.2, -0.15) is 0 Å². The minimum Gasteiger partial charge on any atom is -0.0894 e. The maximum atomic E-state index is 8.73. The molecule has 0 amide bonds. The molecule has 0 saturated carbocycles. The van der Waals surface area contributed by atoms with Crippen LogP contribution in [0.1, 0.15) is 33.1 Å². The van der Waals surface area contributed by atoms with Crippen LogP contribution in [0, 0.1) is 0 Å². The zero-order valence-electron chi connectivity index (χ0n) is 24.3. The lowest BCUT2D eigenvalue weighted by atomic mass is 9.74. The van der Waals surface area contributed by atoms with E-state index in [4.69, 9.17) is 8.22 Å². The van der Waals surface area contributed by atoms with Crippen molar-refractivity contribution in [1.29, 1.82) is 0 Å². The third-order valence-electron chi connectivity index (χ3n) is 6.98. The molecule has 162 valence electrons. The summed E-state index contributed by atoms with van der Waals surface area (Å²) in [6.07, 6.45) is 0. The Morgan fingerprint density at radius 3 is 1.44 bits per heavy atom. The van der Waals surface area contributed by atoms with Gasteiger partial charge in [0.05, 0.1) is 0 Å². The molecule has 1 heteroatoms. The molecule has 0 spiro atoms. The molecule has 0 saturated heterocycles. The summed E-state index contributed by atoms with van der Waals surface area (Å²) in [5.74, 6) is 0. The number of hydrogen-bond donors (Lipinski definition) is 0. The van der Waals surface area contributed by atoms with Crippen LogP contribution >= 0.6 is 11.8 Å². The monoisotopic (exact) mass is 458 g/mol. The molecule has 2 aliphatic rings. The van der Waals surface area contributed by atoms with Gasteiger partial charge in [0.1, 0.15) is 0 Å². The molecule has 0 unspecified atom stereocenters. The van der Waals surface area contributed by atoms with Crippen LogP contribution in [0.15, 0.2) is 119 Å². The fourth-order valence-corrected chi connectivity index (χ4v) is 6.60. The molecule has 0 aromatic heterocycles. The van der Waals surface area contributed by atoms with E-state index in [1.54, 1.807) is 12.1 Å². The third-order valence-corrected chi connectivity index (χ3v) is 8.11. The molecule has 34 heavy (non-hydrogen) atoms. The SMILES string of the molecule is [2H]C([2H])([2H])C1(C([2H])([2H])[2H])c2ccccc2Sc2cc3c(cc21)-c1ccccc1-c1ccccc1-c1ccccc1-3. The molecule has 5 aromatic carbocycles. The van der Waals surface area contributed by atoms with Crippen molar-refractivity contribution in [3.63, 3.8) is 0 Å². The Hall–Kier alpha value is -3.55. The summed E-state index contributed by atoms with van der Waals surface area (Å²) in [5, 5.41) is 0. The Bertz CT molecular complexity index is 1800. The molecule has 0 radical (unpaired) electrons. The van der Waals surface area contributed by atoms with Crippen LogP contribution in [-0.2, 0) is 5.41 Å². The first-order chi connectivity index (χ1) is 19.1. The van der Waals surface area contributed by atoms with Gasteiger partial charge in [-0.1, -0.05) is 116 Å². The van der Waals surface area contributed by atoms with E-state index in [1.807, 2.05) is 66.7 Å². The van der Waals surface area contributed by atoms with Gasteiger partial charge in [-0.15, -0.1) is 0 Å². The Kier molecular flexibility index (Phi) is 3.11. The average Bonchev–Trinajstić information content (AvgIpc) is 2.93. The molecular formula is C33H24S. The van der Waals surface area contributed by atoms with Crippen molar-refractivity contribution in [3.05, 3.63) is 120 Å². The molecule has 7 rings (SSSR count). The topological polar surface area (TPSA) is 0 Å². The highest BCUT2D eigenvalue weighted by molar-refractivity contribution is 7.99. The predicted octanol–water partition coefficient (Wildman–Crippen LogP) is 9.46. The number of benzene rings is 5. The van der Waals surface area contributed by atoms with Gasteiger partial charge in [-0.3, -0.25) is 0 Å². The predicted molar refractivity (Wildman–Crippen MR) is 144 cm³/mol. The van der Waals surface area contributed by atoms with E-state index in [9.17, 15) is 0 Å². The molecule has 0 N–H and O–H groups in total. The van der Waals surface area contributed by atoms with Crippen LogP contribution in [0.3, 0.4) is 0 Å². The highest BCUT2D eigenvalue weighted by Gasteiger charge is 2.34. The fraction of sp³-hybridized carbons (Fsp3) is 0.0909. The number of hydrogen-bond acceptors (Lipinski definition) is 1. The van der Waals surface area contributed by atoms with Crippen molar-refractivity contribution in [2.75, 3.05) is 0 Å². The lowest BCUT2D eigenvalue weighted by molar-refractivity contribution is 0.608. The fourth-order valence-electron chi connectivity index (χ4n) is 5.39. The molecule has 5 aromatic rings. The summed E-state index contributed by atoms with van der Waals surface area (Å²) in [7, 11) is 0. The Labute approximate surface area is 213 Å². The smallest absolute Gasteiger partial charge is 0.0243 e. The highest BCUT2D eigenvalue weighted by Crippen LogP contribution is 2.54. The van der Waals surface area contributed by atoms with Crippen LogP contribution < -0.4 is 0 Å². The Morgan fingerprint density at radius 1 is 0.471 bits per heavy atom. The second kappa shape index (κ2) is 7.22. The third kappa shape index (κ3) is 2.74. The standard InChI is InChI=1S/C33H24S/c1-33(2)29-17-9-10-18-31(29)34-32-20-28-26-16-8-6-14-24(26)22-12-4-3-11-21(22)23-13-5-7-15-25(23)27(28)19-30(32)33/h3-20H,1-2H3/i1D3,2D3. The molecule has 1 aliphatic heterocycles. The molecule has 1 aliphatic carbocycles. The highest BCUT2D eigenvalue weighted by atomic mass is 32.2.